The van der Waals surface area contributed by atoms with Crippen molar-refractivity contribution in [3.05, 3.63) is 0 Å². The molecule has 1 N–H and O–H groups in total. The number of halogens is 1. The van der Waals surface area contributed by atoms with E-state index in [4.69, 9.17) is 13.7 Å². The minimum atomic E-state index is -5.69. The van der Waals surface area contributed by atoms with Gasteiger partial charge in [-0.2, -0.15) is 0 Å². The molecular weight excluding hydrogens is 231 g/mol. The van der Waals surface area contributed by atoms with Crippen LogP contribution in [-0.4, -0.2) is 41.2 Å². The van der Waals surface area contributed by atoms with Crippen LogP contribution < -0.4 is 30.4 Å². The molecule has 0 bridgehead atoms. The zero-order valence-corrected chi connectivity index (χ0v) is 7.12. The first-order valence-corrected chi connectivity index (χ1v) is 4.24. The van der Waals surface area contributed by atoms with Crippen molar-refractivity contribution in [1.82, 2.24) is 0 Å². The Kier molecular flexibility index (Phi) is 6.78. The largest absolute Gasteiger partial charge is 0.368 e. The van der Waals surface area contributed by atoms with Crippen LogP contribution in [0.25, 0.3) is 0 Å². The molecule has 0 fully saturated rings. The molecule has 0 heterocycles. The summed E-state index contributed by atoms with van der Waals surface area (Å²) in [5.74, 6) is 0. The van der Waals surface area contributed by atoms with Gasteiger partial charge in [-0.05, 0) is 0 Å². The summed E-state index contributed by atoms with van der Waals surface area (Å²) in [4.78, 5) is 0. The third-order valence-electron chi connectivity index (χ3n) is 0. The smallest absolute Gasteiger partial charge is 0.256 e. The summed E-state index contributed by atoms with van der Waals surface area (Å²) in [6.45, 7) is 0. The van der Waals surface area contributed by atoms with Gasteiger partial charge in [0.15, 0.2) is 0 Å². The van der Waals surface area contributed by atoms with Gasteiger partial charge in [0.1, 0.15) is 0 Å². The summed E-state index contributed by atoms with van der Waals surface area (Å²) in [5.41, 5.74) is 0. The fraction of sp³-hybridized carbons (Fsp3) is 0. The maximum atomic E-state index is 8.73. The second-order valence-corrected chi connectivity index (χ2v) is 2.66. The third-order valence-corrected chi connectivity index (χ3v) is 0. The molecule has 0 saturated heterocycles. The molecule has 0 spiro atoms. The third kappa shape index (κ3) is 40.6. The van der Waals surface area contributed by atoms with Crippen molar-refractivity contribution < 1.29 is 33.8 Å². The quantitative estimate of drug-likeness (QED) is 0.332. The van der Waals surface area contributed by atoms with Gasteiger partial charge in [-0.15, -0.1) is 0 Å². The van der Waals surface area contributed by atoms with Crippen LogP contribution in [-0.2, 0) is 0 Å². The molecule has 0 atom stereocenters. The number of hydrogen-bond acceptors (Lipinski definition) is 4. The zero-order chi connectivity index (χ0) is 4.50. The van der Waals surface area contributed by atoms with Gasteiger partial charge in [0.05, 0.1) is 0 Å². The van der Waals surface area contributed by atoms with Gasteiger partial charge in [-0.1, -0.05) is 0 Å². The molecule has 6 heavy (non-hydrogen) atoms. The Morgan fingerprint density at radius 1 is 1.17 bits per heavy atom. The van der Waals surface area contributed by atoms with E-state index >= 15 is 0 Å². The molecule has 0 aromatic rings. The first-order valence-electron chi connectivity index (χ1n) is 0.632. The molecular formula is HCaIO4. The SMILES string of the molecule is [Ca].[O-][I+3]([O-])([O-])O. The molecule has 34 valence electrons. The average molecular weight is 232 g/mol. The van der Waals surface area contributed by atoms with Gasteiger partial charge in [-0.3, -0.25) is 10.3 Å². The summed E-state index contributed by atoms with van der Waals surface area (Å²) in [6.07, 6.45) is 0. The normalized spacial score (nSPS) is 10.0. The van der Waals surface area contributed by atoms with Crippen molar-refractivity contribution in [1.29, 1.82) is 0 Å². The second kappa shape index (κ2) is 3.79. The van der Waals surface area contributed by atoms with Gasteiger partial charge in [0.2, 0.25) is 0 Å². The van der Waals surface area contributed by atoms with Gasteiger partial charge in [0.25, 0.3) is 0 Å². The fourth-order valence-corrected chi connectivity index (χ4v) is 0. The topological polar surface area (TPSA) is 89.4 Å². The monoisotopic (exact) mass is 232 g/mol. The van der Waals surface area contributed by atoms with E-state index in [-0.39, 0.29) is 37.7 Å². The second-order valence-electron chi connectivity index (χ2n) is 0.396. The molecule has 0 rings (SSSR count). The standard InChI is InChI=1S/Ca.HIO4/c;2-1(3,4)5/h;2H. The van der Waals surface area contributed by atoms with E-state index in [0.717, 1.165) is 0 Å². The molecule has 0 unspecified atom stereocenters. The molecule has 0 aromatic carbocycles. The van der Waals surface area contributed by atoms with Crippen LogP contribution in [0, 0.1) is 0 Å². The Morgan fingerprint density at radius 3 is 1.17 bits per heavy atom. The van der Waals surface area contributed by atoms with Crippen LogP contribution in [0.1, 0.15) is 0 Å². The van der Waals surface area contributed by atoms with Crippen LogP contribution in [0.2, 0.25) is 0 Å². The van der Waals surface area contributed by atoms with E-state index in [1.807, 2.05) is 0 Å². The van der Waals surface area contributed by atoms with Crippen molar-refractivity contribution in [2.24, 2.45) is 0 Å². The van der Waals surface area contributed by atoms with Crippen molar-refractivity contribution >= 4 is 37.7 Å². The van der Waals surface area contributed by atoms with Crippen LogP contribution in [0.15, 0.2) is 0 Å². The van der Waals surface area contributed by atoms with Gasteiger partial charge in [-0.25, -0.2) is 0 Å². The summed E-state index contributed by atoms with van der Waals surface area (Å²) in [6, 6.07) is 0. The van der Waals surface area contributed by atoms with E-state index in [1.165, 1.54) is 0 Å². The molecule has 4 nitrogen and oxygen atoms in total. The Bertz CT molecular complexity index is 23.0. The van der Waals surface area contributed by atoms with E-state index in [0.29, 0.717) is 0 Å². The van der Waals surface area contributed by atoms with Crippen molar-refractivity contribution in [2.45, 2.75) is 0 Å². The van der Waals surface area contributed by atoms with Crippen molar-refractivity contribution in [3.8, 4) is 0 Å². The first-order chi connectivity index (χ1) is 2.00. The maximum absolute atomic E-state index is 8.73. The predicted octanol–water partition coefficient (Wildman–Crippen LogP) is -7.50. The first kappa shape index (κ1) is 10.7. The fourth-order valence-electron chi connectivity index (χ4n) is 0. The molecule has 0 aromatic heterocycles. The van der Waals surface area contributed by atoms with Gasteiger partial charge < -0.3 is 0 Å². The Balaban J connectivity index is 0. The average Bonchev–Trinajstić information content (AvgIpc) is 0.722. The Morgan fingerprint density at radius 2 is 1.17 bits per heavy atom. The summed E-state index contributed by atoms with van der Waals surface area (Å²) in [5, 5.41) is 0. The maximum Gasteiger partial charge on any atom is 0.368 e. The summed E-state index contributed by atoms with van der Waals surface area (Å²) < 4.78 is 33.2. The molecule has 0 aliphatic carbocycles. The van der Waals surface area contributed by atoms with E-state index in [9.17, 15) is 0 Å². The van der Waals surface area contributed by atoms with Crippen LogP contribution in [0.5, 0.6) is 0 Å². The van der Waals surface area contributed by atoms with Crippen molar-refractivity contribution in [2.75, 3.05) is 0 Å². The van der Waals surface area contributed by atoms with Crippen molar-refractivity contribution in [3.63, 3.8) is 0 Å². The molecule has 0 aliphatic heterocycles. The zero-order valence-electron chi connectivity index (χ0n) is 2.76. The number of rotatable bonds is 0. The van der Waals surface area contributed by atoms with Crippen LogP contribution >= 0.6 is 0 Å². The number of hydrogen-bond donors (Lipinski definition) is 1. The molecule has 0 amide bonds. The Hall–Kier alpha value is 1.83. The molecule has 0 aliphatic rings. The van der Waals surface area contributed by atoms with Gasteiger partial charge >= 0.3 is 20.1 Å². The van der Waals surface area contributed by atoms with Gasteiger partial charge in [0, 0.05) is 41.2 Å². The minimum Gasteiger partial charge on any atom is -0.256 e. The minimum absolute atomic E-state index is 0. The molecule has 0 saturated carbocycles. The molecule has 2 radical (unpaired) electrons. The summed E-state index contributed by atoms with van der Waals surface area (Å²) >= 11 is -5.69. The van der Waals surface area contributed by atoms with Crippen LogP contribution in [0.3, 0.4) is 0 Å². The van der Waals surface area contributed by atoms with E-state index in [1.54, 1.807) is 0 Å². The summed E-state index contributed by atoms with van der Waals surface area (Å²) in [7, 11) is 0. The Labute approximate surface area is 70.5 Å². The molecule has 6 heteroatoms. The van der Waals surface area contributed by atoms with Crippen LogP contribution in [0.4, 0.5) is 0 Å². The van der Waals surface area contributed by atoms with E-state index in [2.05, 4.69) is 0 Å². The predicted molar refractivity (Wildman–Crippen MR) is 7.97 cm³/mol. The van der Waals surface area contributed by atoms with E-state index < -0.39 is 20.1 Å².